The largest absolute Gasteiger partial charge is 0.378 e. The highest BCUT2D eigenvalue weighted by molar-refractivity contribution is 5.82. The zero-order valence-corrected chi connectivity index (χ0v) is 15.7. The Morgan fingerprint density at radius 3 is 2.54 bits per heavy atom. The van der Waals surface area contributed by atoms with Crippen LogP contribution in [0.2, 0.25) is 0 Å². The van der Waals surface area contributed by atoms with E-state index in [1.807, 2.05) is 61.5 Å². The minimum atomic E-state index is -1.25. The van der Waals surface area contributed by atoms with Gasteiger partial charge in [-0.3, -0.25) is 4.79 Å². The number of hydrogen-bond acceptors (Lipinski definition) is 3. The third-order valence-electron chi connectivity index (χ3n) is 4.64. The second kappa shape index (κ2) is 8.98. The van der Waals surface area contributed by atoms with E-state index in [9.17, 15) is 9.90 Å². The van der Waals surface area contributed by atoms with Crippen LogP contribution in [-0.2, 0) is 17.8 Å². The maximum absolute atomic E-state index is 12.5. The molecule has 0 bridgehead atoms. The zero-order valence-electron chi connectivity index (χ0n) is 15.7. The van der Waals surface area contributed by atoms with Gasteiger partial charge in [-0.1, -0.05) is 66.2 Å². The number of nitriles is 1. The minimum Gasteiger partial charge on any atom is -0.378 e. The second-order valence-corrected chi connectivity index (χ2v) is 6.79. The van der Waals surface area contributed by atoms with Crippen molar-refractivity contribution in [2.24, 2.45) is 0 Å². The summed E-state index contributed by atoms with van der Waals surface area (Å²) in [5.74, 6) is -0.432. The van der Waals surface area contributed by atoms with Crippen molar-refractivity contribution in [3.05, 3.63) is 106 Å². The number of rotatable bonds is 6. The number of aliphatic hydroxyl groups excluding tert-OH is 1. The van der Waals surface area contributed by atoms with E-state index in [0.29, 0.717) is 24.1 Å². The number of benzene rings is 3. The molecule has 0 unspecified atom stereocenters. The molecular weight excluding hydrogens is 348 g/mol. The number of carbonyl (C=O) groups excluding carboxylic acids is 1. The average molecular weight is 370 g/mol. The third-order valence-corrected chi connectivity index (χ3v) is 4.64. The molecule has 3 aromatic carbocycles. The van der Waals surface area contributed by atoms with Crippen LogP contribution in [-0.4, -0.2) is 11.0 Å². The zero-order chi connectivity index (χ0) is 19.9. The molecule has 0 fully saturated rings. The normalized spacial score (nSPS) is 11.5. The maximum Gasteiger partial charge on any atom is 0.253 e. The van der Waals surface area contributed by atoms with Crippen molar-refractivity contribution in [1.29, 1.82) is 5.26 Å². The number of aryl methyl sites for hydroxylation is 1. The molecule has 4 heteroatoms. The molecule has 0 saturated carbocycles. The topological polar surface area (TPSA) is 73.1 Å². The molecule has 0 radical (unpaired) electrons. The Kier molecular flexibility index (Phi) is 6.21. The van der Waals surface area contributed by atoms with E-state index in [1.165, 1.54) is 0 Å². The molecule has 0 saturated heterocycles. The van der Waals surface area contributed by atoms with Crippen LogP contribution < -0.4 is 5.32 Å². The van der Waals surface area contributed by atoms with Crippen LogP contribution in [0, 0.1) is 18.3 Å². The Labute approximate surface area is 165 Å². The standard InChI is InChI=1S/C24H22N2O2/c1-17-9-11-18(12-10-17)16-26-24(28)23(27)22-8-3-2-7-21(22)14-19-5-4-6-20(13-19)15-25/h2-13,23,27H,14,16H2,1H3,(H,26,28)/t23-/m1/s1. The first-order valence-corrected chi connectivity index (χ1v) is 9.15. The number of nitrogens with one attached hydrogen (secondary N) is 1. The maximum atomic E-state index is 12.5. The van der Waals surface area contributed by atoms with Gasteiger partial charge < -0.3 is 10.4 Å². The van der Waals surface area contributed by atoms with Crippen LogP contribution in [0.15, 0.2) is 72.8 Å². The molecule has 1 amide bonds. The van der Waals surface area contributed by atoms with Crippen LogP contribution >= 0.6 is 0 Å². The van der Waals surface area contributed by atoms with Crippen LogP contribution in [0.3, 0.4) is 0 Å². The molecule has 3 aromatic rings. The van der Waals surface area contributed by atoms with Gasteiger partial charge >= 0.3 is 0 Å². The van der Waals surface area contributed by atoms with Gasteiger partial charge in [0.2, 0.25) is 0 Å². The molecule has 0 aliphatic rings. The van der Waals surface area contributed by atoms with Gasteiger partial charge in [-0.05, 0) is 47.7 Å². The fourth-order valence-corrected chi connectivity index (χ4v) is 3.07. The van der Waals surface area contributed by atoms with E-state index in [0.717, 1.165) is 22.3 Å². The monoisotopic (exact) mass is 370 g/mol. The van der Waals surface area contributed by atoms with Gasteiger partial charge in [0.15, 0.2) is 6.10 Å². The van der Waals surface area contributed by atoms with Crippen molar-refractivity contribution >= 4 is 5.91 Å². The molecule has 3 rings (SSSR count). The minimum absolute atomic E-state index is 0.364. The smallest absolute Gasteiger partial charge is 0.253 e. The summed E-state index contributed by atoms with van der Waals surface area (Å²) in [6, 6.07) is 24.7. The first kappa shape index (κ1) is 19.3. The Balaban J connectivity index is 1.72. The highest BCUT2D eigenvalue weighted by Gasteiger charge is 2.20. The Hall–Kier alpha value is -3.42. The number of hydrogen-bond donors (Lipinski definition) is 2. The highest BCUT2D eigenvalue weighted by atomic mass is 16.3. The molecule has 140 valence electrons. The predicted octanol–water partition coefficient (Wildman–Crippen LogP) is 3.81. The summed E-state index contributed by atoms with van der Waals surface area (Å²) >= 11 is 0. The molecule has 0 aromatic heterocycles. The van der Waals surface area contributed by atoms with Crippen molar-refractivity contribution in [3.63, 3.8) is 0 Å². The van der Waals surface area contributed by atoms with Crippen molar-refractivity contribution in [1.82, 2.24) is 5.32 Å². The summed E-state index contributed by atoms with van der Waals surface area (Å²) in [7, 11) is 0. The van der Waals surface area contributed by atoms with E-state index in [1.54, 1.807) is 18.2 Å². The molecule has 2 N–H and O–H groups in total. The molecule has 0 aliphatic carbocycles. The number of aliphatic hydroxyl groups is 1. The van der Waals surface area contributed by atoms with E-state index in [2.05, 4.69) is 11.4 Å². The number of nitrogens with zero attached hydrogens (tertiary/aromatic N) is 1. The Morgan fingerprint density at radius 1 is 1.04 bits per heavy atom. The summed E-state index contributed by atoms with van der Waals surface area (Å²) in [5, 5.41) is 22.5. The fraction of sp³-hybridized carbons (Fsp3) is 0.167. The molecular formula is C24H22N2O2. The first-order chi connectivity index (χ1) is 13.6. The SMILES string of the molecule is Cc1ccc(CNC(=O)[C@H](O)c2ccccc2Cc2cccc(C#N)c2)cc1. The van der Waals surface area contributed by atoms with Crippen LogP contribution in [0.25, 0.3) is 0 Å². The van der Waals surface area contributed by atoms with Crippen molar-refractivity contribution < 1.29 is 9.90 Å². The Bertz CT molecular complexity index is 1000. The van der Waals surface area contributed by atoms with Crippen molar-refractivity contribution in [3.8, 4) is 6.07 Å². The summed E-state index contributed by atoms with van der Waals surface area (Å²) < 4.78 is 0. The van der Waals surface area contributed by atoms with Crippen LogP contribution in [0.4, 0.5) is 0 Å². The number of amides is 1. The van der Waals surface area contributed by atoms with Gasteiger partial charge in [-0.2, -0.15) is 5.26 Å². The summed E-state index contributed by atoms with van der Waals surface area (Å²) in [5.41, 5.74) is 5.12. The second-order valence-electron chi connectivity index (χ2n) is 6.79. The summed E-state index contributed by atoms with van der Waals surface area (Å²) in [4.78, 5) is 12.5. The molecule has 0 heterocycles. The van der Waals surface area contributed by atoms with E-state index in [-0.39, 0.29) is 0 Å². The van der Waals surface area contributed by atoms with Gasteiger partial charge in [-0.25, -0.2) is 0 Å². The average Bonchev–Trinajstić information content (AvgIpc) is 2.73. The molecule has 28 heavy (non-hydrogen) atoms. The van der Waals surface area contributed by atoms with Gasteiger partial charge in [0, 0.05) is 6.54 Å². The van der Waals surface area contributed by atoms with Crippen molar-refractivity contribution in [2.75, 3.05) is 0 Å². The quantitative estimate of drug-likeness (QED) is 0.693. The molecule has 4 nitrogen and oxygen atoms in total. The van der Waals surface area contributed by atoms with Crippen molar-refractivity contribution in [2.45, 2.75) is 26.0 Å². The highest BCUT2D eigenvalue weighted by Crippen LogP contribution is 2.22. The summed E-state index contributed by atoms with van der Waals surface area (Å²) in [6.45, 7) is 2.37. The lowest BCUT2D eigenvalue weighted by Gasteiger charge is -2.16. The third kappa shape index (κ3) is 4.85. The summed E-state index contributed by atoms with van der Waals surface area (Å²) in [6.07, 6.45) is -0.714. The molecule has 0 spiro atoms. The predicted molar refractivity (Wildman–Crippen MR) is 108 cm³/mol. The van der Waals surface area contributed by atoms with Gasteiger partial charge in [0.1, 0.15) is 0 Å². The first-order valence-electron chi connectivity index (χ1n) is 9.15. The molecule has 0 aliphatic heterocycles. The van der Waals surface area contributed by atoms with Gasteiger partial charge in [0.05, 0.1) is 11.6 Å². The fourth-order valence-electron chi connectivity index (χ4n) is 3.07. The van der Waals surface area contributed by atoms with Gasteiger partial charge in [0.25, 0.3) is 5.91 Å². The number of carbonyl (C=O) groups is 1. The van der Waals surface area contributed by atoms with Gasteiger partial charge in [-0.15, -0.1) is 0 Å². The van der Waals surface area contributed by atoms with E-state index < -0.39 is 12.0 Å². The molecule has 1 atom stereocenters. The lowest BCUT2D eigenvalue weighted by molar-refractivity contribution is -0.129. The van der Waals surface area contributed by atoms with Crippen LogP contribution in [0.5, 0.6) is 0 Å². The van der Waals surface area contributed by atoms with Crippen LogP contribution in [0.1, 0.15) is 39.5 Å². The van der Waals surface area contributed by atoms with E-state index >= 15 is 0 Å². The lowest BCUT2D eigenvalue weighted by Crippen LogP contribution is -2.29. The van der Waals surface area contributed by atoms with E-state index in [4.69, 9.17) is 5.26 Å². The lowest BCUT2D eigenvalue weighted by atomic mass is 9.95. The Morgan fingerprint density at radius 2 is 1.79 bits per heavy atom.